The second-order valence-electron chi connectivity index (χ2n) is 7.03. The molecule has 0 bridgehead atoms. The van der Waals surface area contributed by atoms with Gasteiger partial charge in [-0.15, -0.1) is 0 Å². The number of amides is 1. The number of carbonyl (C=O) groups is 3. The van der Waals surface area contributed by atoms with Crippen molar-refractivity contribution in [1.82, 2.24) is 4.90 Å². The predicted molar refractivity (Wildman–Crippen MR) is 96.6 cm³/mol. The van der Waals surface area contributed by atoms with Crippen molar-refractivity contribution in [3.05, 3.63) is 47.8 Å². The first-order chi connectivity index (χ1) is 12.7. The fourth-order valence-corrected chi connectivity index (χ4v) is 3.37. The molecule has 1 fully saturated rings. The van der Waals surface area contributed by atoms with Crippen LogP contribution in [0.4, 0.5) is 4.39 Å². The average Bonchev–Trinajstić information content (AvgIpc) is 2.89. The van der Waals surface area contributed by atoms with Crippen molar-refractivity contribution >= 4 is 17.7 Å². The van der Waals surface area contributed by atoms with Gasteiger partial charge in [0, 0.05) is 12.5 Å². The largest absolute Gasteiger partial charge is 0.481 e. The van der Waals surface area contributed by atoms with Gasteiger partial charge >= 0.3 is 5.97 Å². The number of ketones is 1. The number of halogens is 1. The summed E-state index contributed by atoms with van der Waals surface area (Å²) in [5.41, 5.74) is 0.728. The molecule has 7 heteroatoms. The number of carbonyl (C=O) groups excluding carboxylic acids is 2. The molecule has 0 radical (unpaired) electrons. The number of aliphatic carboxylic acids is 1. The number of aliphatic hydroxyl groups is 1. The monoisotopic (exact) mass is 377 g/mol. The predicted octanol–water partition coefficient (Wildman–Crippen LogP) is 2.27. The number of carboxylic acid groups (broad SMARTS) is 1. The van der Waals surface area contributed by atoms with Crippen molar-refractivity contribution in [2.75, 3.05) is 0 Å². The zero-order valence-electron chi connectivity index (χ0n) is 15.3. The molecule has 0 saturated carbocycles. The SMILES string of the molecule is CC(C)N1C(=O)[C@@H](c2ccc(F)cc2)C[C@@H]1C=CC(=O)C[C@@H](O)CC(=O)O. The molecule has 1 heterocycles. The summed E-state index contributed by atoms with van der Waals surface area (Å²) in [5.74, 6) is -2.43. The van der Waals surface area contributed by atoms with E-state index < -0.39 is 30.2 Å². The molecule has 27 heavy (non-hydrogen) atoms. The summed E-state index contributed by atoms with van der Waals surface area (Å²) in [6, 6.07) is 5.45. The van der Waals surface area contributed by atoms with E-state index >= 15 is 0 Å². The van der Waals surface area contributed by atoms with Gasteiger partial charge in [-0.3, -0.25) is 14.4 Å². The van der Waals surface area contributed by atoms with Crippen molar-refractivity contribution < 1.29 is 29.0 Å². The lowest BCUT2D eigenvalue weighted by atomic mass is 9.95. The molecule has 1 aromatic rings. The molecule has 0 aromatic heterocycles. The highest BCUT2D eigenvalue weighted by Crippen LogP contribution is 2.35. The van der Waals surface area contributed by atoms with Crippen LogP contribution >= 0.6 is 0 Å². The van der Waals surface area contributed by atoms with Crippen molar-refractivity contribution in [3.63, 3.8) is 0 Å². The number of hydrogen-bond donors (Lipinski definition) is 2. The maximum absolute atomic E-state index is 13.1. The Morgan fingerprint density at radius 1 is 1.26 bits per heavy atom. The van der Waals surface area contributed by atoms with Crippen LogP contribution in [0, 0.1) is 5.82 Å². The van der Waals surface area contributed by atoms with Crippen LogP contribution in [0.1, 0.15) is 44.6 Å². The van der Waals surface area contributed by atoms with Gasteiger partial charge in [-0.05, 0) is 44.0 Å². The Morgan fingerprint density at radius 3 is 2.44 bits per heavy atom. The van der Waals surface area contributed by atoms with Crippen molar-refractivity contribution in [2.24, 2.45) is 0 Å². The van der Waals surface area contributed by atoms with Crippen LogP contribution in [0.15, 0.2) is 36.4 Å². The number of likely N-dealkylation sites (tertiary alicyclic amines) is 1. The molecule has 1 amide bonds. The fraction of sp³-hybridized carbons (Fsp3) is 0.450. The zero-order chi connectivity index (χ0) is 20.1. The van der Waals surface area contributed by atoms with Gasteiger partial charge in [-0.2, -0.15) is 0 Å². The lowest BCUT2D eigenvalue weighted by Gasteiger charge is -2.26. The van der Waals surface area contributed by atoms with Gasteiger partial charge in [-0.1, -0.05) is 18.2 Å². The van der Waals surface area contributed by atoms with Gasteiger partial charge in [0.25, 0.3) is 0 Å². The standard InChI is InChI=1S/C20H24FNO5/c1-12(2)22-15(7-8-16(23)10-17(24)11-19(25)26)9-18(20(22)27)13-3-5-14(21)6-4-13/h3-8,12,15,17-18,24H,9-11H2,1-2H3,(H,25,26)/t15-,17+,18+/m0/s1. The minimum absolute atomic E-state index is 0.0784. The Hall–Kier alpha value is -2.54. The average molecular weight is 377 g/mol. The number of carboxylic acids is 1. The van der Waals surface area contributed by atoms with E-state index in [0.29, 0.717) is 6.42 Å². The number of nitrogens with zero attached hydrogens (tertiary/aromatic N) is 1. The summed E-state index contributed by atoms with van der Waals surface area (Å²) in [6.07, 6.45) is 1.36. The first kappa shape index (κ1) is 20.8. The molecule has 6 nitrogen and oxygen atoms in total. The molecule has 146 valence electrons. The summed E-state index contributed by atoms with van der Waals surface area (Å²) in [6.45, 7) is 3.76. The van der Waals surface area contributed by atoms with E-state index in [1.807, 2.05) is 13.8 Å². The van der Waals surface area contributed by atoms with E-state index in [9.17, 15) is 23.9 Å². The highest BCUT2D eigenvalue weighted by atomic mass is 19.1. The third-order valence-corrected chi connectivity index (χ3v) is 4.57. The molecular weight excluding hydrogens is 353 g/mol. The van der Waals surface area contributed by atoms with Crippen molar-refractivity contribution in [2.45, 2.75) is 57.2 Å². The van der Waals surface area contributed by atoms with E-state index in [1.165, 1.54) is 18.2 Å². The second kappa shape index (κ2) is 8.90. The maximum atomic E-state index is 13.1. The molecule has 2 rings (SSSR count). The topological polar surface area (TPSA) is 94.9 Å². The summed E-state index contributed by atoms with van der Waals surface area (Å²) in [4.78, 5) is 37.0. The zero-order valence-corrected chi connectivity index (χ0v) is 15.3. The number of hydrogen-bond acceptors (Lipinski definition) is 4. The smallest absolute Gasteiger partial charge is 0.305 e. The lowest BCUT2D eigenvalue weighted by molar-refractivity contribution is -0.139. The first-order valence-electron chi connectivity index (χ1n) is 8.87. The Morgan fingerprint density at radius 2 is 1.89 bits per heavy atom. The van der Waals surface area contributed by atoms with Gasteiger partial charge in [0.2, 0.25) is 5.91 Å². The molecule has 1 aliphatic rings. The number of aliphatic hydroxyl groups excluding tert-OH is 1. The molecule has 0 aliphatic carbocycles. The van der Waals surface area contributed by atoms with Crippen molar-refractivity contribution in [1.29, 1.82) is 0 Å². The van der Waals surface area contributed by atoms with E-state index in [1.54, 1.807) is 23.1 Å². The van der Waals surface area contributed by atoms with Crippen LogP contribution in [0.5, 0.6) is 0 Å². The van der Waals surface area contributed by atoms with Gasteiger partial charge < -0.3 is 15.1 Å². The number of benzene rings is 1. The normalized spacial score (nSPS) is 21.2. The minimum atomic E-state index is -1.24. The Kier molecular flexibility index (Phi) is 6.85. The van der Waals surface area contributed by atoms with Crippen LogP contribution in [-0.2, 0) is 14.4 Å². The Balaban J connectivity index is 2.10. The quantitative estimate of drug-likeness (QED) is 0.678. The van der Waals surface area contributed by atoms with Gasteiger partial charge in [0.15, 0.2) is 5.78 Å². The fourth-order valence-electron chi connectivity index (χ4n) is 3.37. The summed E-state index contributed by atoms with van der Waals surface area (Å²) in [5, 5.41) is 18.2. The number of allylic oxidation sites excluding steroid dienone is 1. The molecular formula is C20H24FNO5. The maximum Gasteiger partial charge on any atom is 0.305 e. The van der Waals surface area contributed by atoms with E-state index in [0.717, 1.165) is 5.56 Å². The van der Waals surface area contributed by atoms with E-state index in [2.05, 4.69) is 0 Å². The summed E-state index contributed by atoms with van der Waals surface area (Å²) >= 11 is 0. The third-order valence-electron chi connectivity index (χ3n) is 4.57. The van der Waals surface area contributed by atoms with Crippen molar-refractivity contribution in [3.8, 4) is 0 Å². The molecule has 1 aromatic carbocycles. The molecule has 0 unspecified atom stereocenters. The van der Waals surface area contributed by atoms with E-state index in [-0.39, 0.29) is 30.2 Å². The van der Waals surface area contributed by atoms with Gasteiger partial charge in [0.1, 0.15) is 5.82 Å². The van der Waals surface area contributed by atoms with Crippen LogP contribution in [0.25, 0.3) is 0 Å². The van der Waals surface area contributed by atoms with Gasteiger partial charge in [-0.25, -0.2) is 4.39 Å². The van der Waals surface area contributed by atoms with E-state index in [4.69, 9.17) is 5.11 Å². The van der Waals surface area contributed by atoms with Crippen LogP contribution in [-0.4, -0.2) is 51.0 Å². The highest BCUT2D eigenvalue weighted by Gasteiger charge is 2.40. The summed E-state index contributed by atoms with van der Waals surface area (Å²) < 4.78 is 13.1. The third kappa shape index (κ3) is 5.47. The number of rotatable bonds is 8. The van der Waals surface area contributed by atoms with Crippen LogP contribution in [0.3, 0.4) is 0 Å². The molecule has 3 atom stereocenters. The highest BCUT2D eigenvalue weighted by molar-refractivity contribution is 5.91. The Labute approximate surface area is 157 Å². The minimum Gasteiger partial charge on any atom is -0.481 e. The first-order valence-corrected chi connectivity index (χ1v) is 8.87. The van der Waals surface area contributed by atoms with Crippen LogP contribution < -0.4 is 0 Å². The molecule has 0 spiro atoms. The molecule has 1 saturated heterocycles. The molecule has 1 aliphatic heterocycles. The Bertz CT molecular complexity index is 728. The molecule has 2 N–H and O–H groups in total. The second-order valence-corrected chi connectivity index (χ2v) is 7.03. The van der Waals surface area contributed by atoms with Crippen LogP contribution in [0.2, 0.25) is 0 Å². The summed E-state index contributed by atoms with van der Waals surface area (Å²) in [7, 11) is 0. The van der Waals surface area contributed by atoms with Gasteiger partial charge in [0.05, 0.1) is 24.5 Å². The lowest BCUT2D eigenvalue weighted by Crippen LogP contribution is -2.38.